The summed E-state index contributed by atoms with van der Waals surface area (Å²) in [5.41, 5.74) is 8.88. The highest BCUT2D eigenvalue weighted by Gasteiger charge is 2.16. The summed E-state index contributed by atoms with van der Waals surface area (Å²) in [6.07, 6.45) is 10.7. The van der Waals surface area contributed by atoms with Gasteiger partial charge in [-0.25, -0.2) is 0 Å². The molecule has 0 atom stereocenters. The number of nitrogen functional groups attached to an aromatic ring is 1. The van der Waals surface area contributed by atoms with Gasteiger partial charge in [-0.1, -0.05) is 31.4 Å². The lowest BCUT2D eigenvalue weighted by molar-refractivity contribution is 0.329. The molecule has 1 fully saturated rings. The maximum Gasteiger partial charge on any atom is 0.0568 e. The van der Waals surface area contributed by atoms with Crippen LogP contribution in [0.3, 0.4) is 0 Å². The van der Waals surface area contributed by atoms with Crippen LogP contribution < -0.4 is 5.73 Å². The number of nitrogens with zero attached hydrogens (tertiary/aromatic N) is 2. The number of rotatable bonds is 2. The van der Waals surface area contributed by atoms with Crippen LogP contribution in [0.4, 0.5) is 5.69 Å². The minimum absolute atomic E-state index is 0.598. The van der Waals surface area contributed by atoms with Gasteiger partial charge in [0.15, 0.2) is 0 Å². The van der Waals surface area contributed by atoms with Crippen LogP contribution in [-0.4, -0.2) is 9.78 Å². The monoisotopic (exact) mass is 241 g/mol. The van der Waals surface area contributed by atoms with Crippen molar-refractivity contribution in [3.05, 3.63) is 36.7 Å². The Labute approximate surface area is 108 Å². The molecule has 1 heterocycles. The maximum absolute atomic E-state index is 5.71. The van der Waals surface area contributed by atoms with Crippen molar-refractivity contribution in [1.82, 2.24) is 9.78 Å². The van der Waals surface area contributed by atoms with Crippen LogP contribution in [0.5, 0.6) is 0 Å². The fraction of sp³-hybridized carbons (Fsp3) is 0.400. The first kappa shape index (κ1) is 11.3. The van der Waals surface area contributed by atoms with E-state index in [4.69, 9.17) is 5.73 Å². The summed E-state index contributed by atoms with van der Waals surface area (Å²) in [5.74, 6) is 0. The van der Waals surface area contributed by atoms with E-state index in [1.165, 1.54) is 43.2 Å². The van der Waals surface area contributed by atoms with E-state index in [2.05, 4.69) is 28.1 Å². The molecule has 0 unspecified atom stereocenters. The van der Waals surface area contributed by atoms with Crippen LogP contribution >= 0.6 is 0 Å². The van der Waals surface area contributed by atoms with E-state index in [0.29, 0.717) is 6.04 Å². The topological polar surface area (TPSA) is 43.8 Å². The van der Waals surface area contributed by atoms with Crippen LogP contribution in [0, 0.1) is 0 Å². The van der Waals surface area contributed by atoms with Crippen molar-refractivity contribution in [2.45, 2.75) is 38.1 Å². The van der Waals surface area contributed by atoms with Gasteiger partial charge in [0.05, 0.1) is 12.2 Å². The Morgan fingerprint density at radius 3 is 2.44 bits per heavy atom. The Bertz CT molecular complexity index is 507. The number of anilines is 1. The van der Waals surface area contributed by atoms with Gasteiger partial charge >= 0.3 is 0 Å². The highest BCUT2D eigenvalue weighted by atomic mass is 15.3. The molecule has 0 aliphatic heterocycles. The molecule has 3 nitrogen and oxygen atoms in total. The first-order chi connectivity index (χ1) is 8.83. The summed E-state index contributed by atoms with van der Waals surface area (Å²) in [6.45, 7) is 0. The third-order valence-corrected chi connectivity index (χ3v) is 3.79. The third-order valence-electron chi connectivity index (χ3n) is 3.79. The van der Waals surface area contributed by atoms with Crippen molar-refractivity contribution in [1.29, 1.82) is 0 Å². The lowest BCUT2D eigenvalue weighted by Gasteiger charge is -2.21. The average Bonchev–Trinajstić information content (AvgIpc) is 2.90. The van der Waals surface area contributed by atoms with E-state index in [0.717, 1.165) is 5.69 Å². The van der Waals surface area contributed by atoms with E-state index < -0.39 is 0 Å². The Balaban J connectivity index is 1.82. The number of hydrogen-bond donors (Lipinski definition) is 1. The van der Waals surface area contributed by atoms with Gasteiger partial charge in [-0.3, -0.25) is 4.68 Å². The molecule has 18 heavy (non-hydrogen) atoms. The predicted molar refractivity (Wildman–Crippen MR) is 74.2 cm³/mol. The molecule has 1 aromatic carbocycles. The van der Waals surface area contributed by atoms with Crippen LogP contribution in [0.1, 0.15) is 38.1 Å². The minimum atomic E-state index is 0.598. The van der Waals surface area contributed by atoms with Gasteiger partial charge < -0.3 is 5.73 Å². The van der Waals surface area contributed by atoms with E-state index >= 15 is 0 Å². The summed E-state index contributed by atoms with van der Waals surface area (Å²) in [5, 5.41) is 4.52. The van der Waals surface area contributed by atoms with Crippen molar-refractivity contribution in [2.75, 3.05) is 5.73 Å². The second-order valence-electron chi connectivity index (χ2n) is 5.12. The lowest BCUT2D eigenvalue weighted by Crippen LogP contribution is -2.12. The Kier molecular flexibility index (Phi) is 3.05. The van der Waals surface area contributed by atoms with Gasteiger partial charge in [-0.15, -0.1) is 0 Å². The zero-order chi connectivity index (χ0) is 12.4. The highest BCUT2D eigenvalue weighted by Crippen LogP contribution is 2.29. The molecule has 2 aromatic rings. The van der Waals surface area contributed by atoms with Gasteiger partial charge in [0.25, 0.3) is 0 Å². The van der Waals surface area contributed by atoms with Gasteiger partial charge in [-0.05, 0) is 30.5 Å². The summed E-state index contributed by atoms with van der Waals surface area (Å²) in [4.78, 5) is 0. The minimum Gasteiger partial charge on any atom is -0.399 e. The molecular formula is C15H19N3. The molecule has 1 aliphatic rings. The van der Waals surface area contributed by atoms with Crippen molar-refractivity contribution >= 4 is 5.69 Å². The quantitative estimate of drug-likeness (QED) is 0.816. The SMILES string of the molecule is Nc1ccc(-c2cnn(C3CCCCC3)c2)cc1. The van der Waals surface area contributed by atoms with E-state index in [1.807, 2.05) is 18.3 Å². The Hall–Kier alpha value is -1.77. The van der Waals surface area contributed by atoms with Crippen LogP contribution in [0.25, 0.3) is 11.1 Å². The summed E-state index contributed by atoms with van der Waals surface area (Å²) >= 11 is 0. The molecule has 2 N–H and O–H groups in total. The summed E-state index contributed by atoms with van der Waals surface area (Å²) < 4.78 is 2.14. The Morgan fingerprint density at radius 2 is 1.72 bits per heavy atom. The smallest absolute Gasteiger partial charge is 0.0568 e. The lowest BCUT2D eigenvalue weighted by atomic mass is 9.96. The summed E-state index contributed by atoms with van der Waals surface area (Å²) in [6, 6.07) is 8.58. The molecule has 0 spiro atoms. The number of hydrogen-bond acceptors (Lipinski definition) is 2. The number of benzene rings is 1. The normalized spacial score (nSPS) is 16.9. The van der Waals surface area contributed by atoms with Gasteiger partial charge in [0.1, 0.15) is 0 Å². The van der Waals surface area contributed by atoms with Crippen molar-refractivity contribution in [3.63, 3.8) is 0 Å². The first-order valence-electron chi connectivity index (χ1n) is 6.73. The fourth-order valence-corrected chi connectivity index (χ4v) is 2.71. The van der Waals surface area contributed by atoms with Gasteiger partial charge in [-0.2, -0.15) is 5.10 Å². The summed E-state index contributed by atoms with van der Waals surface area (Å²) in [7, 11) is 0. The second kappa shape index (κ2) is 4.84. The van der Waals surface area contributed by atoms with Crippen LogP contribution in [0.15, 0.2) is 36.7 Å². The molecule has 0 amide bonds. The molecule has 1 aromatic heterocycles. The van der Waals surface area contributed by atoms with Crippen LogP contribution in [0.2, 0.25) is 0 Å². The molecule has 94 valence electrons. The second-order valence-corrected chi connectivity index (χ2v) is 5.12. The van der Waals surface area contributed by atoms with Crippen molar-refractivity contribution in [2.24, 2.45) is 0 Å². The zero-order valence-corrected chi connectivity index (χ0v) is 10.5. The molecular weight excluding hydrogens is 222 g/mol. The Morgan fingerprint density at radius 1 is 1.00 bits per heavy atom. The number of nitrogens with two attached hydrogens (primary N) is 1. The molecule has 0 radical (unpaired) electrons. The molecule has 0 saturated heterocycles. The molecule has 1 aliphatic carbocycles. The van der Waals surface area contributed by atoms with E-state index in [1.54, 1.807) is 0 Å². The molecule has 3 rings (SSSR count). The van der Waals surface area contributed by atoms with Gasteiger partial charge in [0, 0.05) is 17.4 Å². The predicted octanol–water partition coefficient (Wildman–Crippen LogP) is 3.64. The maximum atomic E-state index is 5.71. The largest absolute Gasteiger partial charge is 0.399 e. The van der Waals surface area contributed by atoms with Crippen molar-refractivity contribution < 1.29 is 0 Å². The fourth-order valence-electron chi connectivity index (χ4n) is 2.71. The average molecular weight is 241 g/mol. The van der Waals surface area contributed by atoms with Crippen LogP contribution in [-0.2, 0) is 0 Å². The standard InChI is InChI=1S/C15H19N3/c16-14-8-6-12(7-9-14)13-10-17-18(11-13)15-4-2-1-3-5-15/h6-11,15H,1-5,16H2. The highest BCUT2D eigenvalue weighted by molar-refractivity contribution is 5.63. The van der Waals surface area contributed by atoms with Crippen molar-refractivity contribution in [3.8, 4) is 11.1 Å². The van der Waals surface area contributed by atoms with E-state index in [-0.39, 0.29) is 0 Å². The molecule has 0 bridgehead atoms. The molecule has 3 heteroatoms. The molecule has 1 saturated carbocycles. The first-order valence-corrected chi connectivity index (χ1v) is 6.73. The van der Waals surface area contributed by atoms with E-state index in [9.17, 15) is 0 Å². The van der Waals surface area contributed by atoms with Gasteiger partial charge in [0.2, 0.25) is 0 Å². The third kappa shape index (κ3) is 2.26. The number of aromatic nitrogens is 2. The zero-order valence-electron chi connectivity index (χ0n) is 10.5.